The summed E-state index contributed by atoms with van der Waals surface area (Å²) in [6.45, 7) is 3.96. The summed E-state index contributed by atoms with van der Waals surface area (Å²) in [6, 6.07) is 4.53. The van der Waals surface area contributed by atoms with Crippen LogP contribution < -0.4 is 5.32 Å². The molecule has 0 aromatic heterocycles. The molecule has 124 valence electrons. The van der Waals surface area contributed by atoms with Crippen LogP contribution in [0.1, 0.15) is 29.3 Å². The van der Waals surface area contributed by atoms with Crippen LogP contribution in [0.25, 0.3) is 0 Å². The van der Waals surface area contributed by atoms with E-state index in [0.29, 0.717) is 29.8 Å². The van der Waals surface area contributed by atoms with Gasteiger partial charge in [-0.25, -0.2) is 9.59 Å². The number of carboxylic acids is 1. The number of nitrogens with zero attached hydrogens (tertiary/aromatic N) is 1. The molecule has 2 rings (SSSR count). The third kappa shape index (κ3) is 3.44. The van der Waals surface area contributed by atoms with Crippen LogP contribution >= 0.6 is 0 Å². The number of carbonyl (C=O) groups is 3. The number of methoxy groups -OCH3 is 1. The number of hydrogen-bond acceptors (Lipinski definition) is 4. The maximum Gasteiger partial charge on any atom is 0.338 e. The van der Waals surface area contributed by atoms with Gasteiger partial charge in [-0.3, -0.25) is 4.79 Å². The lowest BCUT2D eigenvalue weighted by atomic mass is 9.90. The molecule has 0 bridgehead atoms. The number of nitrogens with one attached hydrogen (secondary N) is 1. The lowest BCUT2D eigenvalue weighted by Gasteiger charge is -2.20. The van der Waals surface area contributed by atoms with Crippen LogP contribution in [0.15, 0.2) is 18.2 Å². The van der Waals surface area contributed by atoms with E-state index in [4.69, 9.17) is 0 Å². The number of likely N-dealkylation sites (tertiary alicyclic amines) is 1. The van der Waals surface area contributed by atoms with E-state index in [9.17, 15) is 19.5 Å². The maximum absolute atomic E-state index is 12.2. The standard InChI is InChI=1S/C16H20N2O5/c1-10-8-11(4-5-12(10)13(19)23-3)17-15(22)18-7-6-16(2,9-18)14(20)21/h4-5,8H,6-7,9H2,1-3H3,(H,17,22)(H,20,21). The second kappa shape index (κ2) is 6.28. The fourth-order valence-electron chi connectivity index (χ4n) is 2.59. The molecule has 1 unspecified atom stereocenters. The first-order chi connectivity index (χ1) is 10.8. The van der Waals surface area contributed by atoms with Crippen LogP contribution in [0, 0.1) is 12.3 Å². The lowest BCUT2D eigenvalue weighted by molar-refractivity contribution is -0.146. The van der Waals surface area contributed by atoms with Crippen molar-refractivity contribution in [1.29, 1.82) is 0 Å². The van der Waals surface area contributed by atoms with Gasteiger partial charge in [-0.2, -0.15) is 0 Å². The Bertz CT molecular complexity index is 658. The number of carboxylic acid groups (broad SMARTS) is 1. The third-order valence-corrected chi connectivity index (χ3v) is 4.16. The average molecular weight is 320 g/mol. The number of benzene rings is 1. The number of rotatable bonds is 3. The third-order valence-electron chi connectivity index (χ3n) is 4.16. The van der Waals surface area contributed by atoms with E-state index < -0.39 is 17.4 Å². The number of amides is 2. The molecule has 1 aromatic carbocycles. The minimum absolute atomic E-state index is 0.174. The summed E-state index contributed by atoms with van der Waals surface area (Å²) in [5.74, 6) is -1.33. The second-order valence-corrected chi connectivity index (χ2v) is 5.99. The highest BCUT2D eigenvalue weighted by atomic mass is 16.5. The van der Waals surface area contributed by atoms with Gasteiger partial charge in [-0.15, -0.1) is 0 Å². The SMILES string of the molecule is COC(=O)c1ccc(NC(=O)N2CCC(C)(C(=O)O)C2)cc1C. The van der Waals surface area contributed by atoms with Crippen LogP contribution in [0.5, 0.6) is 0 Å². The first-order valence-corrected chi connectivity index (χ1v) is 7.25. The minimum atomic E-state index is -0.901. The zero-order chi connectivity index (χ0) is 17.2. The first kappa shape index (κ1) is 16.8. The fourth-order valence-corrected chi connectivity index (χ4v) is 2.59. The smallest absolute Gasteiger partial charge is 0.338 e. The summed E-state index contributed by atoms with van der Waals surface area (Å²) in [6.07, 6.45) is 0.427. The van der Waals surface area contributed by atoms with Crippen LogP contribution in [-0.4, -0.2) is 48.2 Å². The van der Waals surface area contributed by atoms with Crippen molar-refractivity contribution in [2.45, 2.75) is 20.3 Å². The molecule has 2 amide bonds. The van der Waals surface area contributed by atoms with Gasteiger partial charge in [0.1, 0.15) is 0 Å². The molecule has 1 aliphatic heterocycles. The second-order valence-electron chi connectivity index (χ2n) is 5.99. The highest BCUT2D eigenvalue weighted by molar-refractivity contribution is 5.94. The van der Waals surface area contributed by atoms with E-state index in [1.807, 2.05) is 0 Å². The number of carbonyl (C=O) groups excluding carboxylic acids is 2. The van der Waals surface area contributed by atoms with Crippen molar-refractivity contribution in [2.24, 2.45) is 5.41 Å². The molecule has 1 aliphatic rings. The van der Waals surface area contributed by atoms with Crippen molar-refractivity contribution in [3.8, 4) is 0 Å². The first-order valence-electron chi connectivity index (χ1n) is 7.25. The highest BCUT2D eigenvalue weighted by Crippen LogP contribution is 2.30. The molecule has 0 radical (unpaired) electrons. The molecule has 23 heavy (non-hydrogen) atoms. The normalized spacial score (nSPS) is 20.2. The Labute approximate surface area is 134 Å². The molecule has 1 aromatic rings. The summed E-state index contributed by atoms with van der Waals surface area (Å²) >= 11 is 0. The number of anilines is 1. The highest BCUT2D eigenvalue weighted by Gasteiger charge is 2.42. The molecular formula is C16H20N2O5. The molecule has 0 aliphatic carbocycles. The Balaban J connectivity index is 2.06. The molecular weight excluding hydrogens is 300 g/mol. The molecule has 1 fully saturated rings. The van der Waals surface area contributed by atoms with Crippen LogP contribution in [0.2, 0.25) is 0 Å². The lowest BCUT2D eigenvalue weighted by Crippen LogP contribution is -2.37. The van der Waals surface area contributed by atoms with E-state index in [2.05, 4.69) is 10.1 Å². The molecule has 7 heteroatoms. The minimum Gasteiger partial charge on any atom is -0.481 e. The molecule has 0 spiro atoms. The number of urea groups is 1. The van der Waals surface area contributed by atoms with Gasteiger partial charge in [-0.05, 0) is 44.0 Å². The largest absolute Gasteiger partial charge is 0.481 e. The predicted octanol–water partition coefficient (Wildman–Crippen LogP) is 2.11. The topological polar surface area (TPSA) is 95.9 Å². The van der Waals surface area contributed by atoms with E-state index in [0.717, 1.165) is 0 Å². The zero-order valence-corrected chi connectivity index (χ0v) is 13.4. The van der Waals surface area contributed by atoms with Crippen molar-refractivity contribution in [2.75, 3.05) is 25.5 Å². The predicted molar refractivity (Wildman–Crippen MR) is 83.5 cm³/mol. The van der Waals surface area contributed by atoms with Gasteiger partial charge in [0.2, 0.25) is 0 Å². The van der Waals surface area contributed by atoms with E-state index in [1.54, 1.807) is 32.0 Å². The van der Waals surface area contributed by atoms with Gasteiger partial charge in [0, 0.05) is 18.8 Å². The van der Waals surface area contributed by atoms with E-state index >= 15 is 0 Å². The van der Waals surface area contributed by atoms with Crippen molar-refractivity contribution in [3.63, 3.8) is 0 Å². The molecule has 1 atom stereocenters. The Hall–Kier alpha value is -2.57. The monoisotopic (exact) mass is 320 g/mol. The number of aryl methyl sites for hydroxylation is 1. The summed E-state index contributed by atoms with van der Waals surface area (Å²) in [5, 5.41) is 11.9. The quantitative estimate of drug-likeness (QED) is 0.832. The molecule has 2 N–H and O–H groups in total. The molecule has 0 saturated carbocycles. The zero-order valence-electron chi connectivity index (χ0n) is 13.4. The molecule has 1 heterocycles. The van der Waals surface area contributed by atoms with Gasteiger partial charge < -0.3 is 20.1 Å². The Morgan fingerprint density at radius 2 is 2.04 bits per heavy atom. The summed E-state index contributed by atoms with van der Waals surface area (Å²) in [7, 11) is 1.31. The van der Waals surface area contributed by atoms with Crippen molar-refractivity contribution < 1.29 is 24.2 Å². The van der Waals surface area contributed by atoms with Gasteiger partial charge >= 0.3 is 18.0 Å². The Morgan fingerprint density at radius 1 is 1.35 bits per heavy atom. The number of hydrogen-bond donors (Lipinski definition) is 2. The van der Waals surface area contributed by atoms with Gasteiger partial charge in [0.15, 0.2) is 0 Å². The summed E-state index contributed by atoms with van der Waals surface area (Å²) in [4.78, 5) is 36.5. The Kier molecular flexibility index (Phi) is 4.58. The number of esters is 1. The van der Waals surface area contributed by atoms with Crippen molar-refractivity contribution in [1.82, 2.24) is 4.90 Å². The van der Waals surface area contributed by atoms with Crippen LogP contribution in [0.3, 0.4) is 0 Å². The van der Waals surface area contributed by atoms with Crippen molar-refractivity contribution >= 4 is 23.7 Å². The summed E-state index contributed by atoms with van der Waals surface area (Å²) < 4.78 is 4.67. The average Bonchev–Trinajstić information content (AvgIpc) is 2.91. The number of aliphatic carboxylic acids is 1. The van der Waals surface area contributed by atoms with Gasteiger partial charge in [0.25, 0.3) is 0 Å². The number of ether oxygens (including phenoxy) is 1. The Morgan fingerprint density at radius 3 is 2.57 bits per heavy atom. The van der Waals surface area contributed by atoms with E-state index in [1.165, 1.54) is 12.0 Å². The maximum atomic E-state index is 12.2. The van der Waals surface area contributed by atoms with Gasteiger partial charge in [0.05, 0.1) is 18.1 Å². The van der Waals surface area contributed by atoms with Gasteiger partial charge in [-0.1, -0.05) is 0 Å². The van der Waals surface area contributed by atoms with Crippen LogP contribution in [0.4, 0.5) is 10.5 Å². The van der Waals surface area contributed by atoms with E-state index in [-0.39, 0.29) is 12.6 Å². The summed E-state index contributed by atoms with van der Waals surface area (Å²) in [5.41, 5.74) is 0.766. The van der Waals surface area contributed by atoms with Crippen molar-refractivity contribution in [3.05, 3.63) is 29.3 Å². The molecule has 1 saturated heterocycles. The fraction of sp³-hybridized carbons (Fsp3) is 0.438. The van der Waals surface area contributed by atoms with Crippen LogP contribution in [-0.2, 0) is 9.53 Å². The molecule has 7 nitrogen and oxygen atoms in total.